The topological polar surface area (TPSA) is 31.2 Å². The van der Waals surface area contributed by atoms with Crippen LogP contribution < -0.4 is 0 Å². The monoisotopic (exact) mass is 351 g/mol. The molecule has 0 saturated carbocycles. The molecule has 1 aliphatic rings. The molecule has 3 nitrogen and oxygen atoms in total. The third kappa shape index (κ3) is 3.02. The van der Waals surface area contributed by atoms with Gasteiger partial charge in [0.25, 0.3) is 0 Å². The predicted molar refractivity (Wildman–Crippen MR) is 101 cm³/mol. The Morgan fingerprint density at radius 2 is 1.96 bits per heavy atom. The molecule has 1 atom stereocenters. The maximum atomic E-state index is 12.6. The first-order valence-corrected chi connectivity index (χ1v) is 9.59. The summed E-state index contributed by atoms with van der Waals surface area (Å²) < 4.78 is 7.39. The number of hydrogen-bond acceptors (Lipinski definition) is 3. The van der Waals surface area contributed by atoms with Gasteiger partial charge in [0.2, 0.25) is 0 Å². The van der Waals surface area contributed by atoms with Crippen LogP contribution in [-0.4, -0.2) is 17.1 Å². The van der Waals surface area contributed by atoms with Gasteiger partial charge < -0.3 is 9.30 Å². The minimum atomic E-state index is -0.193. The molecule has 1 unspecified atom stereocenters. The summed E-state index contributed by atoms with van der Waals surface area (Å²) in [5, 5.41) is 0.988. The molecule has 0 radical (unpaired) electrons. The Kier molecular flexibility index (Phi) is 4.45. The lowest BCUT2D eigenvalue weighted by Gasteiger charge is -2.23. The van der Waals surface area contributed by atoms with Crippen molar-refractivity contribution in [1.29, 1.82) is 0 Å². The second kappa shape index (κ2) is 6.89. The quantitative estimate of drug-likeness (QED) is 0.620. The maximum absolute atomic E-state index is 12.6. The molecule has 4 rings (SSSR count). The second-order valence-electron chi connectivity index (χ2n) is 6.35. The van der Waals surface area contributed by atoms with Crippen LogP contribution in [0.5, 0.6) is 0 Å². The molecule has 128 valence electrons. The molecule has 0 amide bonds. The van der Waals surface area contributed by atoms with Gasteiger partial charge in [-0.15, -0.1) is 11.3 Å². The van der Waals surface area contributed by atoms with Crippen LogP contribution in [0.4, 0.5) is 0 Å². The van der Waals surface area contributed by atoms with Crippen molar-refractivity contribution in [2.75, 3.05) is 6.61 Å². The van der Waals surface area contributed by atoms with Gasteiger partial charge in [0, 0.05) is 17.3 Å². The highest BCUT2D eigenvalue weighted by Crippen LogP contribution is 2.41. The summed E-state index contributed by atoms with van der Waals surface area (Å²) in [7, 11) is 0. The summed E-state index contributed by atoms with van der Waals surface area (Å²) in [6.45, 7) is 2.26. The summed E-state index contributed by atoms with van der Waals surface area (Å²) >= 11 is 1.73. The first-order valence-electron chi connectivity index (χ1n) is 8.78. The first kappa shape index (κ1) is 16.2. The zero-order chi connectivity index (χ0) is 17.2. The Balaban J connectivity index is 1.74. The van der Waals surface area contributed by atoms with Crippen LogP contribution in [0, 0.1) is 0 Å². The number of thiophene rings is 1. The number of nitrogens with zero attached hydrogens (tertiary/aromatic N) is 1. The maximum Gasteiger partial charge on any atom is 0.341 e. The average Bonchev–Trinajstić information content (AvgIpc) is 3.29. The van der Waals surface area contributed by atoms with Gasteiger partial charge in [-0.3, -0.25) is 0 Å². The first-order chi connectivity index (χ1) is 12.3. The Hall–Kier alpha value is -2.33. The van der Waals surface area contributed by atoms with E-state index in [1.54, 1.807) is 11.3 Å². The van der Waals surface area contributed by atoms with Gasteiger partial charge in [-0.2, -0.15) is 0 Å². The number of fused-ring (bicyclic) bond motifs is 1. The van der Waals surface area contributed by atoms with Crippen molar-refractivity contribution in [3.63, 3.8) is 0 Å². The van der Waals surface area contributed by atoms with Gasteiger partial charge >= 0.3 is 5.97 Å². The summed E-state index contributed by atoms with van der Waals surface area (Å²) in [5.41, 5.74) is 3.35. The van der Waals surface area contributed by atoms with E-state index in [4.69, 9.17) is 4.74 Å². The SMILES string of the molecule is CCOC(=O)c1c(-n2cccc2)sc2c1CCC(c1ccccc1)C2. The molecule has 0 spiro atoms. The van der Waals surface area contributed by atoms with Crippen LogP contribution >= 0.6 is 11.3 Å². The van der Waals surface area contributed by atoms with E-state index in [-0.39, 0.29) is 5.97 Å². The Morgan fingerprint density at radius 1 is 1.20 bits per heavy atom. The van der Waals surface area contributed by atoms with Gasteiger partial charge in [-0.05, 0) is 55.4 Å². The average molecular weight is 351 g/mol. The second-order valence-corrected chi connectivity index (χ2v) is 7.43. The molecular weight excluding hydrogens is 330 g/mol. The number of aromatic nitrogens is 1. The third-order valence-corrected chi connectivity index (χ3v) is 6.10. The molecule has 0 fully saturated rings. The van der Waals surface area contributed by atoms with Gasteiger partial charge in [0.1, 0.15) is 5.00 Å². The van der Waals surface area contributed by atoms with E-state index in [0.717, 1.165) is 29.8 Å². The smallest absolute Gasteiger partial charge is 0.341 e. The number of benzene rings is 1. The third-order valence-electron chi connectivity index (χ3n) is 4.84. The fourth-order valence-electron chi connectivity index (χ4n) is 3.65. The van der Waals surface area contributed by atoms with Crippen molar-refractivity contribution < 1.29 is 9.53 Å². The lowest BCUT2D eigenvalue weighted by atomic mass is 9.83. The molecule has 4 heteroatoms. The van der Waals surface area contributed by atoms with E-state index in [2.05, 4.69) is 30.3 Å². The van der Waals surface area contributed by atoms with Crippen molar-refractivity contribution in [1.82, 2.24) is 4.57 Å². The molecule has 1 aromatic carbocycles. The normalized spacial score (nSPS) is 16.4. The number of carbonyl (C=O) groups is 1. The van der Waals surface area contributed by atoms with Gasteiger partial charge in [0.05, 0.1) is 12.2 Å². The minimum absolute atomic E-state index is 0.193. The minimum Gasteiger partial charge on any atom is -0.462 e. The highest BCUT2D eigenvalue weighted by atomic mass is 32.1. The van der Waals surface area contributed by atoms with Crippen LogP contribution in [-0.2, 0) is 17.6 Å². The molecule has 1 aliphatic carbocycles. The van der Waals surface area contributed by atoms with Gasteiger partial charge in [-0.1, -0.05) is 30.3 Å². The summed E-state index contributed by atoms with van der Waals surface area (Å²) in [5.74, 6) is 0.335. The van der Waals surface area contributed by atoms with E-state index in [9.17, 15) is 4.79 Å². The standard InChI is InChI=1S/C21H21NO2S/c1-2-24-21(23)19-17-11-10-16(15-8-4-3-5-9-15)14-18(17)25-20(19)22-12-6-7-13-22/h3-9,12-13,16H,2,10-11,14H2,1H3. The number of esters is 1. The molecule has 2 aromatic heterocycles. The van der Waals surface area contributed by atoms with E-state index in [0.29, 0.717) is 12.5 Å². The van der Waals surface area contributed by atoms with Gasteiger partial charge in [-0.25, -0.2) is 4.79 Å². The van der Waals surface area contributed by atoms with Crippen molar-refractivity contribution in [3.8, 4) is 5.00 Å². The fourth-order valence-corrected chi connectivity index (χ4v) is 5.03. The molecule has 0 N–H and O–H groups in total. The molecule has 0 bridgehead atoms. The fraction of sp³-hybridized carbons (Fsp3) is 0.286. The van der Waals surface area contributed by atoms with Crippen molar-refractivity contribution in [3.05, 3.63) is 76.4 Å². The lowest BCUT2D eigenvalue weighted by Crippen LogP contribution is -2.15. The molecule has 0 aliphatic heterocycles. The molecule has 2 heterocycles. The zero-order valence-corrected chi connectivity index (χ0v) is 15.1. The van der Waals surface area contributed by atoms with Crippen molar-refractivity contribution in [2.24, 2.45) is 0 Å². The molecule has 25 heavy (non-hydrogen) atoms. The molecular formula is C21H21NO2S. The number of carbonyl (C=O) groups excluding carboxylic acids is 1. The Bertz CT molecular complexity index is 865. The Morgan fingerprint density at radius 3 is 2.68 bits per heavy atom. The van der Waals surface area contributed by atoms with E-state index in [1.807, 2.05) is 36.0 Å². The summed E-state index contributed by atoms with van der Waals surface area (Å²) in [4.78, 5) is 13.9. The van der Waals surface area contributed by atoms with E-state index >= 15 is 0 Å². The molecule has 3 aromatic rings. The van der Waals surface area contributed by atoms with Crippen LogP contribution in [0.3, 0.4) is 0 Å². The van der Waals surface area contributed by atoms with Crippen LogP contribution in [0.1, 0.15) is 45.6 Å². The largest absolute Gasteiger partial charge is 0.462 e. The summed E-state index contributed by atoms with van der Waals surface area (Å²) in [6, 6.07) is 14.7. The van der Waals surface area contributed by atoms with Crippen molar-refractivity contribution >= 4 is 17.3 Å². The zero-order valence-electron chi connectivity index (χ0n) is 14.3. The number of ether oxygens (including phenoxy) is 1. The number of hydrogen-bond donors (Lipinski definition) is 0. The highest BCUT2D eigenvalue weighted by Gasteiger charge is 2.30. The molecule has 0 saturated heterocycles. The summed E-state index contributed by atoms with van der Waals surface area (Å²) in [6.07, 6.45) is 6.99. The van der Waals surface area contributed by atoms with E-state index in [1.165, 1.54) is 16.0 Å². The Labute approximate surface area is 151 Å². The van der Waals surface area contributed by atoms with Crippen molar-refractivity contribution in [2.45, 2.75) is 32.1 Å². The van der Waals surface area contributed by atoms with Crippen LogP contribution in [0.25, 0.3) is 5.00 Å². The predicted octanol–water partition coefficient (Wildman–Crippen LogP) is 4.99. The highest BCUT2D eigenvalue weighted by molar-refractivity contribution is 7.15. The lowest BCUT2D eigenvalue weighted by molar-refractivity contribution is 0.0525. The van der Waals surface area contributed by atoms with Crippen LogP contribution in [0.15, 0.2) is 54.9 Å². The number of rotatable bonds is 4. The van der Waals surface area contributed by atoms with E-state index < -0.39 is 0 Å². The van der Waals surface area contributed by atoms with Gasteiger partial charge in [0.15, 0.2) is 0 Å². The van der Waals surface area contributed by atoms with Crippen LogP contribution in [0.2, 0.25) is 0 Å².